The Bertz CT molecular complexity index is 658. The van der Waals surface area contributed by atoms with E-state index in [4.69, 9.17) is 9.47 Å². The van der Waals surface area contributed by atoms with Gasteiger partial charge in [-0.2, -0.15) is 0 Å². The Morgan fingerprint density at radius 3 is 2.43 bits per heavy atom. The van der Waals surface area contributed by atoms with Crippen LogP contribution in [0.5, 0.6) is 11.5 Å². The highest BCUT2D eigenvalue weighted by Gasteiger charge is 2.14. The van der Waals surface area contributed by atoms with Gasteiger partial charge in [0.25, 0.3) is 0 Å². The molecule has 0 unspecified atom stereocenters. The normalized spacial score (nSPS) is 12.0. The van der Waals surface area contributed by atoms with E-state index in [-0.39, 0.29) is 12.8 Å². The van der Waals surface area contributed by atoms with Gasteiger partial charge in [0.1, 0.15) is 0 Å². The number of anilines is 2. The van der Waals surface area contributed by atoms with Crippen LogP contribution in [-0.2, 0) is 0 Å². The molecule has 2 amide bonds. The number of amides is 2. The Morgan fingerprint density at radius 1 is 1.00 bits per heavy atom. The maximum atomic E-state index is 11.9. The number of benzene rings is 2. The van der Waals surface area contributed by atoms with Crippen molar-refractivity contribution < 1.29 is 14.3 Å². The summed E-state index contributed by atoms with van der Waals surface area (Å²) >= 11 is 1.66. The Labute approximate surface area is 126 Å². The van der Waals surface area contributed by atoms with Crippen LogP contribution in [0, 0.1) is 0 Å². The fraction of sp³-hybridized carbons (Fsp3) is 0.133. The number of rotatable bonds is 3. The fourth-order valence-corrected chi connectivity index (χ4v) is 2.35. The second-order valence-corrected chi connectivity index (χ2v) is 5.26. The molecule has 6 heteroatoms. The molecule has 21 heavy (non-hydrogen) atoms. The van der Waals surface area contributed by atoms with Crippen LogP contribution in [0.4, 0.5) is 16.2 Å². The van der Waals surface area contributed by atoms with Gasteiger partial charge >= 0.3 is 6.03 Å². The van der Waals surface area contributed by atoms with Crippen molar-refractivity contribution in [2.75, 3.05) is 23.7 Å². The van der Waals surface area contributed by atoms with E-state index in [2.05, 4.69) is 10.6 Å². The van der Waals surface area contributed by atoms with E-state index in [1.54, 1.807) is 30.0 Å². The molecule has 108 valence electrons. The van der Waals surface area contributed by atoms with Gasteiger partial charge < -0.3 is 20.1 Å². The molecule has 0 bridgehead atoms. The molecule has 2 aromatic rings. The van der Waals surface area contributed by atoms with E-state index in [1.165, 1.54) is 0 Å². The minimum absolute atomic E-state index is 0.215. The lowest BCUT2D eigenvalue weighted by Crippen LogP contribution is -2.19. The molecule has 0 aliphatic carbocycles. The van der Waals surface area contributed by atoms with Crippen molar-refractivity contribution in [2.45, 2.75) is 4.90 Å². The zero-order valence-corrected chi connectivity index (χ0v) is 12.2. The lowest BCUT2D eigenvalue weighted by Gasteiger charge is -2.08. The molecule has 0 saturated heterocycles. The molecular formula is C15H14N2O3S. The van der Waals surface area contributed by atoms with Crippen molar-refractivity contribution in [2.24, 2.45) is 0 Å². The van der Waals surface area contributed by atoms with Crippen LogP contribution in [0.1, 0.15) is 0 Å². The summed E-state index contributed by atoms with van der Waals surface area (Å²) < 4.78 is 10.5. The van der Waals surface area contributed by atoms with Crippen molar-refractivity contribution in [3.63, 3.8) is 0 Å². The Balaban J connectivity index is 1.63. The Morgan fingerprint density at radius 2 is 1.67 bits per heavy atom. The number of hydrogen-bond donors (Lipinski definition) is 2. The fourth-order valence-electron chi connectivity index (χ4n) is 1.94. The minimum atomic E-state index is -0.300. The van der Waals surface area contributed by atoms with Crippen LogP contribution in [0.3, 0.4) is 0 Å². The molecule has 0 atom stereocenters. The molecule has 2 N–H and O–H groups in total. The smallest absolute Gasteiger partial charge is 0.323 e. The number of fused-ring (bicyclic) bond motifs is 1. The maximum Gasteiger partial charge on any atom is 0.323 e. The third kappa shape index (κ3) is 3.22. The van der Waals surface area contributed by atoms with E-state index < -0.39 is 0 Å². The molecule has 2 aromatic carbocycles. The van der Waals surface area contributed by atoms with Crippen molar-refractivity contribution >= 4 is 29.2 Å². The van der Waals surface area contributed by atoms with Gasteiger partial charge in [-0.15, -0.1) is 11.8 Å². The van der Waals surface area contributed by atoms with Gasteiger partial charge in [0.05, 0.1) is 0 Å². The predicted octanol–water partition coefficient (Wildman–Crippen LogP) is 3.78. The molecular weight excluding hydrogens is 288 g/mol. The van der Waals surface area contributed by atoms with Crippen LogP contribution in [0.15, 0.2) is 47.4 Å². The first kappa shape index (κ1) is 13.6. The van der Waals surface area contributed by atoms with Crippen molar-refractivity contribution in [1.29, 1.82) is 0 Å². The maximum absolute atomic E-state index is 11.9. The number of thioether (sulfide) groups is 1. The number of urea groups is 1. The molecule has 0 fully saturated rings. The zero-order valence-electron chi connectivity index (χ0n) is 11.4. The lowest BCUT2D eigenvalue weighted by atomic mass is 10.3. The van der Waals surface area contributed by atoms with Crippen molar-refractivity contribution in [3.05, 3.63) is 42.5 Å². The average molecular weight is 302 g/mol. The number of carbonyl (C=O) groups is 1. The van der Waals surface area contributed by atoms with Crippen LogP contribution in [0.2, 0.25) is 0 Å². The van der Waals surface area contributed by atoms with Crippen molar-refractivity contribution in [1.82, 2.24) is 0 Å². The van der Waals surface area contributed by atoms with E-state index >= 15 is 0 Å². The second kappa shape index (κ2) is 5.97. The van der Waals surface area contributed by atoms with Gasteiger partial charge in [0, 0.05) is 22.3 Å². The van der Waals surface area contributed by atoms with E-state index in [0.717, 1.165) is 10.6 Å². The highest BCUT2D eigenvalue weighted by atomic mass is 32.2. The summed E-state index contributed by atoms with van der Waals surface area (Å²) in [5.41, 5.74) is 1.39. The number of carbonyl (C=O) groups excluding carboxylic acids is 1. The van der Waals surface area contributed by atoms with Gasteiger partial charge in [0.2, 0.25) is 6.79 Å². The molecule has 1 heterocycles. The standard InChI is InChI=1S/C15H14N2O3S/c1-21-12-5-2-10(3-6-12)16-15(18)17-11-4-7-13-14(8-11)20-9-19-13/h2-8H,9H2,1H3,(H2,16,17,18). The summed E-state index contributed by atoms with van der Waals surface area (Å²) in [7, 11) is 0. The zero-order chi connectivity index (χ0) is 14.7. The molecule has 0 radical (unpaired) electrons. The lowest BCUT2D eigenvalue weighted by molar-refractivity contribution is 0.174. The number of hydrogen-bond acceptors (Lipinski definition) is 4. The number of nitrogens with one attached hydrogen (secondary N) is 2. The van der Waals surface area contributed by atoms with Crippen LogP contribution in [0.25, 0.3) is 0 Å². The molecule has 0 aromatic heterocycles. The summed E-state index contributed by atoms with van der Waals surface area (Å²) in [6.45, 7) is 0.215. The van der Waals surface area contributed by atoms with Gasteiger partial charge in [-0.25, -0.2) is 4.79 Å². The Hall–Kier alpha value is -2.34. The first-order chi connectivity index (χ1) is 10.2. The summed E-state index contributed by atoms with van der Waals surface area (Å²) in [5, 5.41) is 5.54. The summed E-state index contributed by atoms with van der Waals surface area (Å²) in [6, 6.07) is 12.6. The molecule has 0 saturated carbocycles. The molecule has 1 aliphatic heterocycles. The minimum Gasteiger partial charge on any atom is -0.454 e. The van der Waals surface area contributed by atoms with Gasteiger partial charge in [0.15, 0.2) is 11.5 Å². The quantitative estimate of drug-likeness (QED) is 0.847. The average Bonchev–Trinajstić information content (AvgIpc) is 2.95. The largest absolute Gasteiger partial charge is 0.454 e. The third-order valence-corrected chi connectivity index (χ3v) is 3.72. The first-order valence-corrected chi connectivity index (χ1v) is 7.59. The second-order valence-electron chi connectivity index (χ2n) is 4.38. The van der Waals surface area contributed by atoms with E-state index in [1.807, 2.05) is 30.5 Å². The van der Waals surface area contributed by atoms with E-state index in [9.17, 15) is 4.79 Å². The number of ether oxygens (including phenoxy) is 2. The molecule has 1 aliphatic rings. The van der Waals surface area contributed by atoms with Crippen LogP contribution >= 0.6 is 11.8 Å². The third-order valence-electron chi connectivity index (χ3n) is 2.98. The van der Waals surface area contributed by atoms with E-state index in [0.29, 0.717) is 17.2 Å². The summed E-state index contributed by atoms with van der Waals surface area (Å²) in [6.07, 6.45) is 2.01. The van der Waals surface area contributed by atoms with Gasteiger partial charge in [-0.1, -0.05) is 0 Å². The molecule has 5 nitrogen and oxygen atoms in total. The predicted molar refractivity (Wildman–Crippen MR) is 83.4 cm³/mol. The SMILES string of the molecule is CSc1ccc(NC(=O)Nc2ccc3c(c2)OCO3)cc1. The summed E-state index contributed by atoms with van der Waals surface area (Å²) in [4.78, 5) is 13.1. The van der Waals surface area contributed by atoms with Crippen molar-refractivity contribution in [3.8, 4) is 11.5 Å². The van der Waals surface area contributed by atoms with Gasteiger partial charge in [-0.3, -0.25) is 0 Å². The molecule has 3 rings (SSSR count). The van der Waals surface area contributed by atoms with Crippen LogP contribution < -0.4 is 20.1 Å². The highest BCUT2D eigenvalue weighted by Crippen LogP contribution is 2.34. The van der Waals surface area contributed by atoms with Crippen LogP contribution in [-0.4, -0.2) is 19.1 Å². The summed E-state index contributed by atoms with van der Waals surface area (Å²) in [5.74, 6) is 1.32. The first-order valence-electron chi connectivity index (χ1n) is 6.36. The Kier molecular flexibility index (Phi) is 3.87. The highest BCUT2D eigenvalue weighted by molar-refractivity contribution is 7.98. The topological polar surface area (TPSA) is 59.6 Å². The van der Waals surface area contributed by atoms with Gasteiger partial charge in [-0.05, 0) is 42.7 Å². The molecule has 0 spiro atoms. The monoisotopic (exact) mass is 302 g/mol.